The van der Waals surface area contributed by atoms with E-state index in [4.69, 9.17) is 5.11 Å². The van der Waals surface area contributed by atoms with Crippen molar-refractivity contribution in [1.29, 1.82) is 0 Å². The zero-order valence-corrected chi connectivity index (χ0v) is 12.7. The lowest BCUT2D eigenvalue weighted by Gasteiger charge is -2.21. The van der Waals surface area contributed by atoms with Gasteiger partial charge in [0.1, 0.15) is 12.1 Å². The molecule has 0 bridgehead atoms. The van der Waals surface area contributed by atoms with E-state index in [0.29, 0.717) is 11.3 Å². The molecule has 0 saturated carbocycles. The van der Waals surface area contributed by atoms with E-state index in [1.165, 1.54) is 27.7 Å². The Labute approximate surface area is 125 Å². The Kier molecular flexibility index (Phi) is 4.89. The van der Waals surface area contributed by atoms with E-state index in [9.17, 15) is 22.8 Å². The molecule has 0 aliphatic carbocycles. The van der Waals surface area contributed by atoms with Crippen LogP contribution in [0.3, 0.4) is 0 Å². The Morgan fingerprint density at radius 3 is 2.27 bits per heavy atom. The summed E-state index contributed by atoms with van der Waals surface area (Å²) in [5.41, 5.74) is -0.549. The van der Waals surface area contributed by atoms with Gasteiger partial charge in [0.05, 0.1) is 12.1 Å². The average Bonchev–Trinajstić information content (AvgIpc) is 2.53. The Balaban J connectivity index is 2.91. The van der Waals surface area contributed by atoms with E-state index in [1.807, 2.05) is 0 Å². The summed E-state index contributed by atoms with van der Waals surface area (Å²) in [5, 5.41) is 15.0. The van der Waals surface area contributed by atoms with E-state index in [0.717, 1.165) is 4.68 Å². The Bertz CT molecular complexity index is 591. The maximum absolute atomic E-state index is 12.4. The average molecular weight is 321 g/mol. The minimum atomic E-state index is -4.41. The van der Waals surface area contributed by atoms with Gasteiger partial charge in [0, 0.05) is 11.3 Å². The first-order valence-corrected chi connectivity index (χ1v) is 6.47. The van der Waals surface area contributed by atoms with Crippen molar-refractivity contribution in [1.82, 2.24) is 15.1 Å². The van der Waals surface area contributed by atoms with Gasteiger partial charge >= 0.3 is 12.1 Å². The third kappa shape index (κ3) is 4.47. The fraction of sp³-hybridized carbons (Fsp3) is 0.615. The molecule has 0 aliphatic heterocycles. The van der Waals surface area contributed by atoms with Crippen molar-refractivity contribution in [2.75, 3.05) is 0 Å². The summed E-state index contributed by atoms with van der Waals surface area (Å²) < 4.78 is 38.1. The second-order valence-electron chi connectivity index (χ2n) is 5.58. The number of carbonyl (C=O) groups excluding carboxylic acids is 1. The normalized spacial score (nSPS) is 12.3. The molecule has 1 amide bonds. The molecule has 0 unspecified atom stereocenters. The molecule has 1 heterocycles. The van der Waals surface area contributed by atoms with Crippen LogP contribution in [-0.4, -0.2) is 38.5 Å². The number of aromatic nitrogens is 2. The molecule has 1 aromatic heterocycles. The summed E-state index contributed by atoms with van der Waals surface area (Å²) >= 11 is 0. The SMILES string of the molecule is Cc1nn(CC(F)(F)F)c(C)c1CC(=O)NC(C)(C)C(=O)O. The van der Waals surface area contributed by atoms with Gasteiger partial charge in [-0.3, -0.25) is 9.48 Å². The number of nitrogens with one attached hydrogen (secondary N) is 1. The number of aryl methyl sites for hydroxylation is 1. The predicted octanol–water partition coefficient (Wildman–Crippen LogP) is 1.58. The zero-order valence-electron chi connectivity index (χ0n) is 12.7. The number of aliphatic carboxylic acids is 1. The number of amides is 1. The quantitative estimate of drug-likeness (QED) is 0.862. The fourth-order valence-corrected chi connectivity index (χ4v) is 1.92. The summed E-state index contributed by atoms with van der Waals surface area (Å²) in [5.74, 6) is -1.80. The lowest BCUT2D eigenvalue weighted by molar-refractivity contribution is -0.146. The molecule has 22 heavy (non-hydrogen) atoms. The Morgan fingerprint density at radius 1 is 1.27 bits per heavy atom. The third-order valence-electron chi connectivity index (χ3n) is 3.18. The van der Waals surface area contributed by atoms with Crippen molar-refractivity contribution in [3.63, 3.8) is 0 Å². The molecule has 1 rings (SSSR count). The van der Waals surface area contributed by atoms with Crippen LogP contribution in [0.2, 0.25) is 0 Å². The van der Waals surface area contributed by atoms with Crippen molar-refractivity contribution in [3.8, 4) is 0 Å². The number of carboxylic acids is 1. The maximum Gasteiger partial charge on any atom is 0.408 e. The molecule has 0 aliphatic rings. The molecule has 2 N–H and O–H groups in total. The molecule has 0 fully saturated rings. The van der Waals surface area contributed by atoms with E-state index in [-0.39, 0.29) is 12.1 Å². The predicted molar refractivity (Wildman–Crippen MR) is 71.3 cm³/mol. The van der Waals surface area contributed by atoms with E-state index < -0.39 is 30.1 Å². The first kappa shape index (κ1) is 18.0. The first-order valence-electron chi connectivity index (χ1n) is 6.47. The molecule has 0 aromatic carbocycles. The van der Waals surface area contributed by atoms with Gasteiger partial charge in [-0.1, -0.05) is 0 Å². The van der Waals surface area contributed by atoms with Crippen LogP contribution < -0.4 is 5.32 Å². The monoisotopic (exact) mass is 321 g/mol. The lowest BCUT2D eigenvalue weighted by atomic mass is 10.0. The number of nitrogens with zero attached hydrogens (tertiary/aromatic N) is 2. The van der Waals surface area contributed by atoms with Crippen LogP contribution in [0.1, 0.15) is 30.8 Å². The van der Waals surface area contributed by atoms with Gasteiger partial charge < -0.3 is 10.4 Å². The number of rotatable bonds is 5. The third-order valence-corrected chi connectivity index (χ3v) is 3.18. The summed E-state index contributed by atoms with van der Waals surface area (Å²) in [6.45, 7) is 4.35. The lowest BCUT2D eigenvalue weighted by Crippen LogP contribution is -2.50. The van der Waals surface area contributed by atoms with Gasteiger partial charge in [-0.2, -0.15) is 18.3 Å². The second kappa shape index (κ2) is 5.98. The molecule has 124 valence electrons. The molecule has 0 atom stereocenters. The van der Waals surface area contributed by atoms with E-state index in [2.05, 4.69) is 10.4 Å². The van der Waals surface area contributed by atoms with Crippen molar-refractivity contribution >= 4 is 11.9 Å². The molecule has 6 nitrogen and oxygen atoms in total. The smallest absolute Gasteiger partial charge is 0.408 e. The molecule has 0 radical (unpaired) electrons. The minimum Gasteiger partial charge on any atom is -0.480 e. The molecular weight excluding hydrogens is 303 g/mol. The largest absolute Gasteiger partial charge is 0.480 e. The molecule has 0 saturated heterocycles. The Hall–Kier alpha value is -2.06. The number of hydrogen-bond acceptors (Lipinski definition) is 3. The van der Waals surface area contributed by atoms with E-state index in [1.54, 1.807) is 0 Å². The zero-order chi connectivity index (χ0) is 17.3. The molecule has 1 aromatic rings. The van der Waals surface area contributed by atoms with Crippen molar-refractivity contribution in [2.24, 2.45) is 0 Å². The van der Waals surface area contributed by atoms with Gasteiger partial charge in [0.15, 0.2) is 0 Å². The van der Waals surface area contributed by atoms with Crippen molar-refractivity contribution in [2.45, 2.75) is 52.4 Å². The highest BCUT2D eigenvalue weighted by molar-refractivity contribution is 5.87. The van der Waals surface area contributed by atoms with Crippen LogP contribution in [0, 0.1) is 13.8 Å². The van der Waals surface area contributed by atoms with E-state index >= 15 is 0 Å². The number of halogens is 3. The number of carbonyl (C=O) groups is 2. The summed E-state index contributed by atoms with van der Waals surface area (Å²) in [4.78, 5) is 22.8. The van der Waals surface area contributed by atoms with Gasteiger partial charge in [-0.15, -0.1) is 0 Å². The molecule has 0 spiro atoms. The van der Waals surface area contributed by atoms with Crippen molar-refractivity contribution in [3.05, 3.63) is 17.0 Å². The highest BCUT2D eigenvalue weighted by Crippen LogP contribution is 2.21. The number of carboxylic acid groups (broad SMARTS) is 1. The maximum atomic E-state index is 12.4. The van der Waals surface area contributed by atoms with Crippen LogP contribution in [-0.2, 0) is 22.6 Å². The van der Waals surface area contributed by atoms with Gasteiger partial charge in [-0.25, -0.2) is 4.79 Å². The van der Waals surface area contributed by atoms with Gasteiger partial charge in [0.2, 0.25) is 5.91 Å². The van der Waals surface area contributed by atoms with Crippen LogP contribution in [0.5, 0.6) is 0 Å². The molecule has 9 heteroatoms. The molecular formula is C13H18F3N3O3. The Morgan fingerprint density at radius 2 is 1.82 bits per heavy atom. The second-order valence-corrected chi connectivity index (χ2v) is 5.58. The van der Waals surface area contributed by atoms with Crippen LogP contribution in [0.15, 0.2) is 0 Å². The number of alkyl halides is 3. The summed E-state index contributed by atoms with van der Waals surface area (Å²) in [7, 11) is 0. The van der Waals surface area contributed by atoms with Crippen LogP contribution in [0.25, 0.3) is 0 Å². The fourth-order valence-electron chi connectivity index (χ4n) is 1.92. The van der Waals surface area contributed by atoms with Gasteiger partial charge in [-0.05, 0) is 27.7 Å². The summed E-state index contributed by atoms with van der Waals surface area (Å²) in [6, 6.07) is 0. The standard InChI is InChI=1S/C13H18F3N3O3/c1-7-9(5-10(20)17-12(3,4)11(21)22)8(2)19(18-7)6-13(14,15)16/h5-6H2,1-4H3,(H,17,20)(H,21,22). The number of hydrogen-bond donors (Lipinski definition) is 2. The van der Waals surface area contributed by atoms with Crippen LogP contribution in [0.4, 0.5) is 13.2 Å². The van der Waals surface area contributed by atoms with Crippen LogP contribution >= 0.6 is 0 Å². The van der Waals surface area contributed by atoms with Crippen molar-refractivity contribution < 1.29 is 27.9 Å². The highest BCUT2D eigenvalue weighted by atomic mass is 19.4. The summed E-state index contributed by atoms with van der Waals surface area (Å²) in [6.07, 6.45) is -4.64. The first-order chi connectivity index (χ1) is 9.83. The van der Waals surface area contributed by atoms with Gasteiger partial charge in [0.25, 0.3) is 0 Å². The minimum absolute atomic E-state index is 0.230. The highest BCUT2D eigenvalue weighted by Gasteiger charge is 2.32. The topological polar surface area (TPSA) is 84.2 Å².